The molecule has 1 saturated carbocycles. The molecule has 0 unspecified atom stereocenters. The minimum Gasteiger partial charge on any atom is -0.252 e. The minimum atomic E-state index is 0.620. The maximum Gasteiger partial charge on any atom is 0.0705 e. The lowest BCUT2D eigenvalue weighted by Crippen LogP contribution is -2.02. The first-order valence-electron chi connectivity index (χ1n) is 8.70. The third-order valence-electron chi connectivity index (χ3n) is 5.39. The van der Waals surface area contributed by atoms with Crippen LogP contribution in [0.25, 0.3) is 22.0 Å². The van der Waals surface area contributed by atoms with Gasteiger partial charge in [-0.3, -0.25) is 4.98 Å². The number of pyridine rings is 1. The van der Waals surface area contributed by atoms with Crippen LogP contribution in [-0.4, -0.2) is 4.98 Å². The number of rotatable bonds is 2. The zero-order valence-electron chi connectivity index (χ0n) is 14.0. The van der Waals surface area contributed by atoms with E-state index in [1.54, 1.807) is 0 Å². The van der Waals surface area contributed by atoms with Gasteiger partial charge in [0.05, 0.1) is 11.2 Å². The number of aromatic nitrogens is 1. The maximum atomic E-state index is 5.10. The van der Waals surface area contributed by atoms with Crippen LogP contribution in [0, 0.1) is 13.8 Å². The highest BCUT2D eigenvalue weighted by atomic mass is 14.7. The summed E-state index contributed by atoms with van der Waals surface area (Å²) < 4.78 is 0. The van der Waals surface area contributed by atoms with E-state index in [0.29, 0.717) is 5.92 Å². The van der Waals surface area contributed by atoms with Crippen molar-refractivity contribution in [2.45, 2.75) is 45.4 Å². The molecule has 0 amide bonds. The highest BCUT2D eigenvalue weighted by Gasteiger charge is 2.23. The van der Waals surface area contributed by atoms with Crippen LogP contribution >= 0.6 is 0 Å². The van der Waals surface area contributed by atoms with Gasteiger partial charge in [0, 0.05) is 16.9 Å². The molecule has 0 N–H and O–H groups in total. The zero-order valence-corrected chi connectivity index (χ0v) is 14.0. The van der Waals surface area contributed by atoms with Gasteiger partial charge in [-0.15, -0.1) is 0 Å². The molecule has 1 aliphatic carbocycles. The molecule has 0 aliphatic heterocycles. The Hall–Kier alpha value is -2.15. The van der Waals surface area contributed by atoms with E-state index in [2.05, 4.69) is 62.4 Å². The summed E-state index contributed by atoms with van der Waals surface area (Å²) >= 11 is 0. The Kier molecular flexibility index (Phi) is 3.65. The van der Waals surface area contributed by atoms with Gasteiger partial charge in [0.2, 0.25) is 0 Å². The standard InChI is InChI=1S/C22H23N/c1-15-8-7-12-19(16(15)2)20-14-18-11-5-6-13-21(18)23-22(20)17-9-3-4-10-17/h5-8,11-14,17H,3-4,9-10H2,1-2H3. The van der Waals surface area contributed by atoms with Crippen LogP contribution in [0.1, 0.15) is 48.4 Å². The second kappa shape index (κ2) is 5.81. The van der Waals surface area contributed by atoms with Crippen molar-refractivity contribution in [1.82, 2.24) is 4.98 Å². The minimum absolute atomic E-state index is 0.620. The summed E-state index contributed by atoms with van der Waals surface area (Å²) in [5.41, 5.74) is 7.87. The van der Waals surface area contributed by atoms with Crippen molar-refractivity contribution in [2.24, 2.45) is 0 Å². The van der Waals surface area contributed by atoms with Gasteiger partial charge < -0.3 is 0 Å². The van der Waals surface area contributed by atoms with Gasteiger partial charge in [-0.05, 0) is 55.5 Å². The quantitative estimate of drug-likeness (QED) is 0.551. The van der Waals surface area contributed by atoms with E-state index in [9.17, 15) is 0 Å². The van der Waals surface area contributed by atoms with Crippen molar-refractivity contribution >= 4 is 10.9 Å². The summed E-state index contributed by atoms with van der Waals surface area (Å²) in [5.74, 6) is 0.620. The third-order valence-corrected chi connectivity index (χ3v) is 5.39. The molecule has 1 heteroatoms. The van der Waals surface area contributed by atoms with Crippen LogP contribution < -0.4 is 0 Å². The Bertz CT molecular complexity index is 857. The molecule has 0 radical (unpaired) electrons. The Morgan fingerprint density at radius 2 is 1.65 bits per heavy atom. The Morgan fingerprint density at radius 3 is 2.48 bits per heavy atom. The highest BCUT2D eigenvalue weighted by Crippen LogP contribution is 2.40. The molecule has 1 aliphatic rings. The van der Waals surface area contributed by atoms with Crippen LogP contribution in [0.2, 0.25) is 0 Å². The number of nitrogens with zero attached hydrogens (tertiary/aromatic N) is 1. The van der Waals surface area contributed by atoms with Crippen molar-refractivity contribution in [3.8, 4) is 11.1 Å². The van der Waals surface area contributed by atoms with Gasteiger partial charge in [-0.25, -0.2) is 0 Å². The van der Waals surface area contributed by atoms with Crippen molar-refractivity contribution in [3.05, 3.63) is 65.4 Å². The molecule has 1 nitrogen and oxygen atoms in total. The molecular formula is C22H23N. The summed E-state index contributed by atoms with van der Waals surface area (Å²) in [4.78, 5) is 5.10. The van der Waals surface area contributed by atoms with Gasteiger partial charge in [0.15, 0.2) is 0 Å². The topological polar surface area (TPSA) is 12.9 Å². The Morgan fingerprint density at radius 1 is 0.870 bits per heavy atom. The second-order valence-corrected chi connectivity index (χ2v) is 6.84. The van der Waals surface area contributed by atoms with Crippen LogP contribution in [0.5, 0.6) is 0 Å². The normalized spacial score (nSPS) is 15.4. The molecule has 1 heterocycles. The van der Waals surface area contributed by atoms with Crippen molar-refractivity contribution < 1.29 is 0 Å². The van der Waals surface area contributed by atoms with E-state index in [0.717, 1.165) is 5.52 Å². The van der Waals surface area contributed by atoms with E-state index < -0.39 is 0 Å². The SMILES string of the molecule is Cc1cccc(-c2cc3ccccc3nc2C2CCCC2)c1C. The second-order valence-electron chi connectivity index (χ2n) is 6.84. The molecule has 0 spiro atoms. The summed E-state index contributed by atoms with van der Waals surface area (Å²) in [6.45, 7) is 4.43. The summed E-state index contributed by atoms with van der Waals surface area (Å²) in [6.07, 6.45) is 5.24. The molecule has 0 atom stereocenters. The first-order chi connectivity index (χ1) is 11.2. The molecule has 4 rings (SSSR count). The number of hydrogen-bond donors (Lipinski definition) is 0. The predicted octanol–water partition coefficient (Wildman–Crippen LogP) is 6.18. The first kappa shape index (κ1) is 14.4. The molecule has 0 saturated heterocycles. The summed E-state index contributed by atoms with van der Waals surface area (Å²) in [7, 11) is 0. The van der Waals surface area contributed by atoms with E-state index in [-0.39, 0.29) is 0 Å². The van der Waals surface area contributed by atoms with Crippen LogP contribution in [0.3, 0.4) is 0 Å². The average molecular weight is 301 g/mol. The Labute approximate surface area is 138 Å². The van der Waals surface area contributed by atoms with Crippen molar-refractivity contribution in [3.63, 3.8) is 0 Å². The fraction of sp³-hybridized carbons (Fsp3) is 0.318. The molecule has 23 heavy (non-hydrogen) atoms. The van der Waals surface area contributed by atoms with Gasteiger partial charge in [-0.1, -0.05) is 49.2 Å². The molecule has 3 aromatic rings. The fourth-order valence-electron chi connectivity index (χ4n) is 3.90. The molecule has 1 aromatic heterocycles. The van der Waals surface area contributed by atoms with Crippen molar-refractivity contribution in [1.29, 1.82) is 0 Å². The first-order valence-corrected chi connectivity index (χ1v) is 8.70. The van der Waals surface area contributed by atoms with Crippen LogP contribution in [0.4, 0.5) is 0 Å². The predicted molar refractivity (Wildman–Crippen MR) is 97.9 cm³/mol. The fourth-order valence-corrected chi connectivity index (χ4v) is 3.90. The third kappa shape index (κ3) is 2.55. The summed E-state index contributed by atoms with van der Waals surface area (Å²) in [5, 5.41) is 1.24. The number of benzene rings is 2. The molecule has 1 fully saturated rings. The molecular weight excluding hydrogens is 278 g/mol. The Balaban J connectivity index is 1.99. The highest BCUT2D eigenvalue weighted by molar-refractivity contribution is 5.86. The lowest BCUT2D eigenvalue weighted by molar-refractivity contribution is 0.703. The molecule has 0 bridgehead atoms. The number of para-hydroxylation sites is 1. The molecule has 2 aromatic carbocycles. The monoisotopic (exact) mass is 301 g/mol. The molecule has 116 valence electrons. The lowest BCUT2D eigenvalue weighted by atomic mass is 9.90. The maximum absolute atomic E-state index is 5.10. The van der Waals surface area contributed by atoms with Crippen LogP contribution in [-0.2, 0) is 0 Å². The van der Waals surface area contributed by atoms with E-state index in [1.165, 1.54) is 59.0 Å². The van der Waals surface area contributed by atoms with E-state index in [1.807, 2.05) is 0 Å². The zero-order chi connectivity index (χ0) is 15.8. The van der Waals surface area contributed by atoms with Gasteiger partial charge in [-0.2, -0.15) is 0 Å². The number of hydrogen-bond acceptors (Lipinski definition) is 1. The number of aryl methyl sites for hydroxylation is 1. The van der Waals surface area contributed by atoms with E-state index >= 15 is 0 Å². The lowest BCUT2D eigenvalue weighted by Gasteiger charge is -2.18. The van der Waals surface area contributed by atoms with Crippen molar-refractivity contribution in [2.75, 3.05) is 0 Å². The smallest absolute Gasteiger partial charge is 0.0705 e. The number of fused-ring (bicyclic) bond motifs is 1. The van der Waals surface area contributed by atoms with Crippen LogP contribution in [0.15, 0.2) is 48.5 Å². The van der Waals surface area contributed by atoms with Gasteiger partial charge in [0.1, 0.15) is 0 Å². The van der Waals surface area contributed by atoms with Gasteiger partial charge >= 0.3 is 0 Å². The largest absolute Gasteiger partial charge is 0.252 e. The van der Waals surface area contributed by atoms with E-state index in [4.69, 9.17) is 4.98 Å². The summed E-state index contributed by atoms with van der Waals surface area (Å²) in [6, 6.07) is 17.5. The van der Waals surface area contributed by atoms with Gasteiger partial charge in [0.25, 0.3) is 0 Å². The average Bonchev–Trinajstić information content (AvgIpc) is 3.11.